The molecule has 3 unspecified atom stereocenters. The van der Waals surface area contributed by atoms with Crippen LogP contribution in [0.1, 0.15) is 52.9 Å². The predicted molar refractivity (Wildman–Crippen MR) is 80.5 cm³/mol. The molecule has 2 aliphatic rings. The lowest BCUT2D eigenvalue weighted by molar-refractivity contribution is -0.0491. The second kappa shape index (κ2) is 7.61. The monoisotopic (exact) mass is 268 g/mol. The van der Waals surface area contributed by atoms with Gasteiger partial charge in [-0.3, -0.25) is 4.90 Å². The minimum absolute atomic E-state index is 0.465. The van der Waals surface area contributed by atoms with Crippen molar-refractivity contribution in [2.45, 2.75) is 71.1 Å². The highest BCUT2D eigenvalue weighted by molar-refractivity contribution is 4.84. The molecular formula is C16H32N2O. The van der Waals surface area contributed by atoms with E-state index in [4.69, 9.17) is 4.74 Å². The fourth-order valence-electron chi connectivity index (χ4n) is 3.51. The predicted octanol–water partition coefficient (Wildman–Crippen LogP) is 2.65. The molecule has 2 heterocycles. The fourth-order valence-corrected chi connectivity index (χ4v) is 3.51. The van der Waals surface area contributed by atoms with E-state index in [1.807, 2.05) is 0 Å². The van der Waals surface area contributed by atoms with Gasteiger partial charge in [0.2, 0.25) is 0 Å². The van der Waals surface area contributed by atoms with Gasteiger partial charge in [-0.2, -0.15) is 0 Å². The number of piperidine rings is 1. The highest BCUT2D eigenvalue weighted by Crippen LogP contribution is 2.24. The number of hydrogen-bond acceptors (Lipinski definition) is 3. The van der Waals surface area contributed by atoms with Crippen LogP contribution in [-0.4, -0.2) is 49.3 Å². The van der Waals surface area contributed by atoms with Crippen molar-refractivity contribution in [3.63, 3.8) is 0 Å². The summed E-state index contributed by atoms with van der Waals surface area (Å²) in [6.45, 7) is 11.4. The maximum atomic E-state index is 5.91. The molecule has 0 bridgehead atoms. The molecular weight excluding hydrogens is 236 g/mol. The standard InChI is InChI=1S/C16H32N2O/c1-4-18(12-14-7-5-6-9-17-14)15-8-10-19-16(11-15)13(2)3/h13-17H,4-12H2,1-3H3. The van der Waals surface area contributed by atoms with Gasteiger partial charge in [-0.1, -0.05) is 27.2 Å². The topological polar surface area (TPSA) is 24.5 Å². The summed E-state index contributed by atoms with van der Waals surface area (Å²) >= 11 is 0. The minimum atomic E-state index is 0.465. The van der Waals surface area contributed by atoms with Gasteiger partial charge in [0.05, 0.1) is 6.10 Å². The van der Waals surface area contributed by atoms with Crippen LogP contribution in [0.25, 0.3) is 0 Å². The number of nitrogens with one attached hydrogen (secondary N) is 1. The average Bonchev–Trinajstić information content (AvgIpc) is 2.46. The molecule has 1 N–H and O–H groups in total. The first kappa shape index (κ1) is 15.3. The van der Waals surface area contributed by atoms with E-state index in [1.54, 1.807) is 0 Å². The molecule has 0 aromatic heterocycles. The summed E-state index contributed by atoms with van der Waals surface area (Å²) < 4.78 is 5.91. The highest BCUT2D eigenvalue weighted by atomic mass is 16.5. The Labute approximate surface area is 119 Å². The Kier molecular flexibility index (Phi) is 6.11. The number of nitrogens with zero attached hydrogens (tertiary/aromatic N) is 1. The van der Waals surface area contributed by atoms with Crippen molar-refractivity contribution in [3.05, 3.63) is 0 Å². The molecule has 0 amide bonds. The molecule has 2 fully saturated rings. The molecule has 0 aromatic rings. The van der Waals surface area contributed by atoms with Crippen LogP contribution in [0.15, 0.2) is 0 Å². The summed E-state index contributed by atoms with van der Waals surface area (Å²) in [5.41, 5.74) is 0. The summed E-state index contributed by atoms with van der Waals surface area (Å²) in [7, 11) is 0. The van der Waals surface area contributed by atoms with E-state index in [2.05, 4.69) is 31.0 Å². The van der Waals surface area contributed by atoms with E-state index in [-0.39, 0.29) is 0 Å². The summed E-state index contributed by atoms with van der Waals surface area (Å²) in [6.07, 6.45) is 7.01. The third kappa shape index (κ3) is 4.44. The summed E-state index contributed by atoms with van der Waals surface area (Å²) in [5.74, 6) is 0.648. The van der Waals surface area contributed by atoms with Gasteiger partial charge in [-0.25, -0.2) is 0 Å². The number of ether oxygens (including phenoxy) is 1. The van der Waals surface area contributed by atoms with Crippen molar-refractivity contribution in [2.75, 3.05) is 26.2 Å². The number of rotatable bonds is 5. The molecule has 2 saturated heterocycles. The molecule has 0 saturated carbocycles. The van der Waals surface area contributed by atoms with Gasteiger partial charge in [0.1, 0.15) is 0 Å². The third-order valence-corrected chi connectivity index (χ3v) is 4.82. The molecule has 0 spiro atoms. The lowest BCUT2D eigenvalue weighted by atomic mass is 9.93. The lowest BCUT2D eigenvalue weighted by Gasteiger charge is -2.40. The molecule has 0 aromatic carbocycles. The zero-order chi connectivity index (χ0) is 13.7. The van der Waals surface area contributed by atoms with Crippen LogP contribution in [0, 0.1) is 5.92 Å². The lowest BCUT2D eigenvalue weighted by Crippen LogP contribution is -2.50. The summed E-state index contributed by atoms with van der Waals surface area (Å²) in [4.78, 5) is 2.70. The fraction of sp³-hybridized carbons (Fsp3) is 1.00. The van der Waals surface area contributed by atoms with Crippen molar-refractivity contribution in [3.8, 4) is 0 Å². The van der Waals surface area contributed by atoms with Crippen LogP contribution in [0.5, 0.6) is 0 Å². The molecule has 2 rings (SSSR count). The quantitative estimate of drug-likeness (QED) is 0.829. The van der Waals surface area contributed by atoms with E-state index in [1.165, 1.54) is 51.7 Å². The normalized spacial score (nSPS) is 33.0. The molecule has 3 nitrogen and oxygen atoms in total. The van der Waals surface area contributed by atoms with E-state index in [0.29, 0.717) is 18.1 Å². The Morgan fingerprint density at radius 3 is 2.74 bits per heavy atom. The third-order valence-electron chi connectivity index (χ3n) is 4.82. The first-order chi connectivity index (χ1) is 9.20. The molecule has 2 aliphatic heterocycles. The zero-order valence-corrected chi connectivity index (χ0v) is 13.0. The molecule has 112 valence electrons. The van der Waals surface area contributed by atoms with E-state index in [0.717, 1.165) is 12.6 Å². The largest absolute Gasteiger partial charge is 0.378 e. The second-order valence-electron chi connectivity index (χ2n) is 6.57. The Hall–Kier alpha value is -0.120. The Morgan fingerprint density at radius 2 is 2.11 bits per heavy atom. The second-order valence-corrected chi connectivity index (χ2v) is 6.57. The maximum absolute atomic E-state index is 5.91. The maximum Gasteiger partial charge on any atom is 0.0612 e. The Morgan fingerprint density at radius 1 is 1.26 bits per heavy atom. The van der Waals surface area contributed by atoms with Gasteiger partial charge in [0, 0.05) is 25.2 Å². The zero-order valence-electron chi connectivity index (χ0n) is 13.0. The minimum Gasteiger partial charge on any atom is -0.378 e. The molecule has 3 heteroatoms. The SMILES string of the molecule is CCN(CC1CCCCN1)C1CCOC(C(C)C)C1. The number of likely N-dealkylation sites (N-methyl/N-ethyl adjacent to an activating group) is 1. The van der Waals surface area contributed by atoms with Gasteiger partial charge in [-0.15, -0.1) is 0 Å². The first-order valence-electron chi connectivity index (χ1n) is 8.29. The van der Waals surface area contributed by atoms with Crippen molar-refractivity contribution < 1.29 is 4.74 Å². The van der Waals surface area contributed by atoms with Gasteiger partial charge in [-0.05, 0) is 44.7 Å². The van der Waals surface area contributed by atoms with Crippen LogP contribution in [0.4, 0.5) is 0 Å². The van der Waals surface area contributed by atoms with Gasteiger partial charge >= 0.3 is 0 Å². The van der Waals surface area contributed by atoms with Crippen LogP contribution in [0.3, 0.4) is 0 Å². The van der Waals surface area contributed by atoms with E-state index < -0.39 is 0 Å². The van der Waals surface area contributed by atoms with Crippen molar-refractivity contribution in [2.24, 2.45) is 5.92 Å². The van der Waals surface area contributed by atoms with Crippen LogP contribution >= 0.6 is 0 Å². The van der Waals surface area contributed by atoms with E-state index >= 15 is 0 Å². The summed E-state index contributed by atoms with van der Waals surface area (Å²) in [5, 5.41) is 3.68. The number of hydrogen-bond donors (Lipinski definition) is 1. The van der Waals surface area contributed by atoms with Gasteiger partial charge in [0.15, 0.2) is 0 Å². The van der Waals surface area contributed by atoms with Crippen LogP contribution < -0.4 is 5.32 Å². The van der Waals surface area contributed by atoms with Crippen LogP contribution in [0.2, 0.25) is 0 Å². The Balaban J connectivity index is 1.85. The molecule has 0 radical (unpaired) electrons. The smallest absolute Gasteiger partial charge is 0.0612 e. The van der Waals surface area contributed by atoms with Gasteiger partial charge in [0.25, 0.3) is 0 Å². The molecule has 19 heavy (non-hydrogen) atoms. The van der Waals surface area contributed by atoms with Crippen molar-refractivity contribution in [1.82, 2.24) is 10.2 Å². The van der Waals surface area contributed by atoms with Gasteiger partial charge < -0.3 is 10.1 Å². The molecule has 3 atom stereocenters. The first-order valence-corrected chi connectivity index (χ1v) is 8.29. The van der Waals surface area contributed by atoms with Crippen molar-refractivity contribution in [1.29, 1.82) is 0 Å². The average molecular weight is 268 g/mol. The van der Waals surface area contributed by atoms with Crippen LogP contribution in [-0.2, 0) is 4.74 Å². The highest BCUT2D eigenvalue weighted by Gasteiger charge is 2.29. The van der Waals surface area contributed by atoms with E-state index in [9.17, 15) is 0 Å². The Bertz CT molecular complexity index is 251. The molecule has 0 aliphatic carbocycles. The summed E-state index contributed by atoms with van der Waals surface area (Å²) in [6, 6.07) is 1.45. The van der Waals surface area contributed by atoms with Crippen molar-refractivity contribution >= 4 is 0 Å².